The van der Waals surface area contributed by atoms with Gasteiger partial charge in [0.05, 0.1) is 6.04 Å². The molecule has 1 aliphatic rings. The van der Waals surface area contributed by atoms with E-state index in [1.807, 2.05) is 35.9 Å². The Labute approximate surface area is 175 Å². The molecule has 0 fully saturated rings. The first-order valence-electron chi connectivity index (χ1n) is 9.87. The van der Waals surface area contributed by atoms with Crippen LogP contribution in [0, 0.1) is 13.8 Å². The normalized spacial score (nSPS) is 18.0. The summed E-state index contributed by atoms with van der Waals surface area (Å²) in [6.07, 6.45) is 1.82. The van der Waals surface area contributed by atoms with Gasteiger partial charge in [-0.1, -0.05) is 66.7 Å². The van der Waals surface area contributed by atoms with Crippen LogP contribution in [0.2, 0.25) is 0 Å². The molecule has 2 N–H and O–H groups in total. The molecule has 0 spiro atoms. The molecule has 2 atom stereocenters. The molecule has 1 aromatic heterocycles. The maximum atomic E-state index is 13.3. The Morgan fingerprint density at radius 2 is 1.90 bits per heavy atom. The van der Waals surface area contributed by atoms with Crippen molar-refractivity contribution in [2.45, 2.75) is 50.1 Å². The summed E-state index contributed by atoms with van der Waals surface area (Å²) in [6.45, 7) is 6.17. The van der Waals surface area contributed by atoms with E-state index in [0.29, 0.717) is 0 Å². The zero-order valence-electron chi connectivity index (χ0n) is 16.8. The summed E-state index contributed by atoms with van der Waals surface area (Å²) in [4.78, 5) is 13.3. The number of aryl methyl sites for hydroxylation is 3. The number of nitrogens with one attached hydrogen (secondary N) is 2. The van der Waals surface area contributed by atoms with E-state index < -0.39 is 0 Å². The lowest BCUT2D eigenvalue weighted by Crippen LogP contribution is -2.41. The quantitative estimate of drug-likeness (QED) is 0.662. The van der Waals surface area contributed by atoms with Gasteiger partial charge in [0.1, 0.15) is 5.25 Å². The van der Waals surface area contributed by atoms with E-state index in [2.05, 4.69) is 59.1 Å². The number of para-hydroxylation sites is 1. The molecular weight excluding hydrogens is 382 g/mol. The number of hydrogen-bond acceptors (Lipinski definition) is 5. The van der Waals surface area contributed by atoms with Crippen LogP contribution in [0.1, 0.15) is 41.9 Å². The first-order valence-corrected chi connectivity index (χ1v) is 10.8. The Morgan fingerprint density at radius 3 is 2.62 bits per heavy atom. The highest BCUT2D eigenvalue weighted by molar-refractivity contribution is 8.00. The van der Waals surface area contributed by atoms with Gasteiger partial charge in [-0.25, -0.2) is 4.68 Å². The van der Waals surface area contributed by atoms with E-state index in [-0.39, 0.29) is 17.2 Å². The van der Waals surface area contributed by atoms with Crippen LogP contribution in [0.15, 0.2) is 53.7 Å². The average molecular weight is 408 g/mol. The third-order valence-electron chi connectivity index (χ3n) is 5.08. The van der Waals surface area contributed by atoms with Gasteiger partial charge in [-0.15, -0.1) is 10.2 Å². The topological polar surface area (TPSA) is 71.8 Å². The van der Waals surface area contributed by atoms with Crippen molar-refractivity contribution in [3.05, 3.63) is 71.0 Å². The summed E-state index contributed by atoms with van der Waals surface area (Å²) < 4.78 is 1.94. The summed E-state index contributed by atoms with van der Waals surface area (Å²) in [7, 11) is 0. The van der Waals surface area contributed by atoms with E-state index >= 15 is 0 Å². The Balaban J connectivity index is 1.67. The van der Waals surface area contributed by atoms with Crippen molar-refractivity contribution in [1.82, 2.24) is 14.9 Å². The second-order valence-electron chi connectivity index (χ2n) is 7.34. The van der Waals surface area contributed by atoms with Crippen molar-refractivity contribution in [2.75, 3.05) is 10.7 Å². The van der Waals surface area contributed by atoms with E-state index in [1.54, 1.807) is 0 Å². The Kier molecular flexibility index (Phi) is 5.58. The molecule has 1 aliphatic heterocycles. The number of amides is 1. The molecule has 0 saturated heterocycles. The fraction of sp³-hybridized carbons (Fsp3) is 0.318. The molecule has 4 rings (SSSR count). The largest absolute Gasteiger partial charge is 0.325 e. The van der Waals surface area contributed by atoms with Gasteiger partial charge < -0.3 is 10.7 Å². The van der Waals surface area contributed by atoms with E-state index in [4.69, 9.17) is 0 Å². The first-order chi connectivity index (χ1) is 14.1. The number of aromatic nitrogens is 3. The predicted molar refractivity (Wildman–Crippen MR) is 117 cm³/mol. The molecule has 0 unspecified atom stereocenters. The molecule has 2 aromatic carbocycles. The maximum absolute atomic E-state index is 13.3. The average Bonchev–Trinajstić information content (AvgIpc) is 3.11. The summed E-state index contributed by atoms with van der Waals surface area (Å²) in [5, 5.41) is 12.1. The number of anilines is 1. The molecule has 2 heterocycles. The number of benzene rings is 2. The van der Waals surface area contributed by atoms with Gasteiger partial charge in [0.15, 0.2) is 5.82 Å². The van der Waals surface area contributed by atoms with Crippen molar-refractivity contribution in [2.24, 2.45) is 0 Å². The number of rotatable bonds is 5. The van der Waals surface area contributed by atoms with Crippen LogP contribution in [-0.2, 0) is 11.2 Å². The van der Waals surface area contributed by atoms with Crippen LogP contribution < -0.4 is 10.7 Å². The highest BCUT2D eigenvalue weighted by Crippen LogP contribution is 2.38. The van der Waals surface area contributed by atoms with Crippen molar-refractivity contribution in [3.8, 4) is 0 Å². The van der Waals surface area contributed by atoms with E-state index in [0.717, 1.165) is 40.6 Å². The molecule has 150 valence electrons. The SMILES string of the molecule is CCCc1nnc2n1N[C@@H](c1ccc(C)cc1)[C@H](C(=O)Nc1ccccc1C)S2. The van der Waals surface area contributed by atoms with Gasteiger partial charge in [-0.05, 0) is 37.5 Å². The fourth-order valence-corrected chi connectivity index (χ4v) is 4.52. The Bertz CT molecular complexity index is 1010. The number of thioether (sulfide) groups is 1. The van der Waals surface area contributed by atoms with Gasteiger partial charge in [0.2, 0.25) is 11.1 Å². The van der Waals surface area contributed by atoms with Crippen LogP contribution in [-0.4, -0.2) is 26.0 Å². The minimum Gasteiger partial charge on any atom is -0.325 e. The molecular formula is C22H25N5OS. The molecule has 1 amide bonds. The van der Waals surface area contributed by atoms with Crippen molar-refractivity contribution in [3.63, 3.8) is 0 Å². The van der Waals surface area contributed by atoms with Crippen LogP contribution in [0.25, 0.3) is 0 Å². The van der Waals surface area contributed by atoms with Crippen LogP contribution in [0.4, 0.5) is 5.69 Å². The third kappa shape index (κ3) is 4.00. The van der Waals surface area contributed by atoms with Gasteiger partial charge in [-0.2, -0.15) is 0 Å². The number of carbonyl (C=O) groups is 1. The predicted octanol–water partition coefficient (Wildman–Crippen LogP) is 4.25. The van der Waals surface area contributed by atoms with E-state index in [1.165, 1.54) is 17.3 Å². The van der Waals surface area contributed by atoms with Gasteiger partial charge in [0.25, 0.3) is 0 Å². The number of fused-ring (bicyclic) bond motifs is 1. The van der Waals surface area contributed by atoms with Crippen LogP contribution >= 0.6 is 11.8 Å². The molecule has 29 heavy (non-hydrogen) atoms. The smallest absolute Gasteiger partial charge is 0.240 e. The van der Waals surface area contributed by atoms with E-state index in [9.17, 15) is 4.79 Å². The van der Waals surface area contributed by atoms with Crippen LogP contribution in [0.3, 0.4) is 0 Å². The zero-order chi connectivity index (χ0) is 20.4. The second-order valence-corrected chi connectivity index (χ2v) is 8.45. The lowest BCUT2D eigenvalue weighted by atomic mass is 10.0. The van der Waals surface area contributed by atoms with Crippen molar-refractivity contribution in [1.29, 1.82) is 0 Å². The Morgan fingerprint density at radius 1 is 1.14 bits per heavy atom. The molecule has 0 aliphatic carbocycles. The summed E-state index contributed by atoms with van der Waals surface area (Å²) in [6, 6.07) is 15.9. The minimum absolute atomic E-state index is 0.0475. The summed E-state index contributed by atoms with van der Waals surface area (Å²) in [5.41, 5.74) is 7.63. The Hall–Kier alpha value is -2.80. The standard InChI is InChI=1S/C22H25N5OS/c1-4-7-18-24-25-22-27(18)26-19(16-12-10-14(2)11-13-16)20(29-22)21(28)23-17-9-6-5-8-15(17)3/h5-6,8-13,19-20,26H,4,7H2,1-3H3,(H,23,28)/t19-,20+/m0/s1. The summed E-state index contributed by atoms with van der Waals surface area (Å²) in [5.74, 6) is 0.846. The maximum Gasteiger partial charge on any atom is 0.240 e. The van der Waals surface area contributed by atoms with Gasteiger partial charge >= 0.3 is 0 Å². The monoisotopic (exact) mass is 407 g/mol. The number of carbonyl (C=O) groups excluding carboxylic acids is 1. The summed E-state index contributed by atoms with van der Waals surface area (Å²) >= 11 is 1.46. The molecule has 6 nitrogen and oxygen atoms in total. The van der Waals surface area contributed by atoms with Crippen molar-refractivity contribution < 1.29 is 4.79 Å². The lowest BCUT2D eigenvalue weighted by Gasteiger charge is -2.33. The molecule has 0 bridgehead atoms. The van der Waals surface area contributed by atoms with Crippen molar-refractivity contribution >= 4 is 23.4 Å². The zero-order valence-corrected chi connectivity index (χ0v) is 17.7. The molecule has 0 radical (unpaired) electrons. The fourth-order valence-electron chi connectivity index (χ4n) is 3.43. The second kappa shape index (κ2) is 8.29. The van der Waals surface area contributed by atoms with Crippen LogP contribution in [0.5, 0.6) is 0 Å². The van der Waals surface area contributed by atoms with Gasteiger partial charge in [0, 0.05) is 12.1 Å². The molecule has 3 aromatic rings. The highest BCUT2D eigenvalue weighted by Gasteiger charge is 2.37. The lowest BCUT2D eigenvalue weighted by molar-refractivity contribution is -0.116. The highest BCUT2D eigenvalue weighted by atomic mass is 32.2. The molecule has 0 saturated carbocycles. The third-order valence-corrected chi connectivity index (χ3v) is 6.29. The number of hydrogen-bond donors (Lipinski definition) is 2. The first kappa shape index (κ1) is 19.5. The van der Waals surface area contributed by atoms with Gasteiger partial charge in [-0.3, -0.25) is 4.79 Å². The minimum atomic E-state index is -0.372. The molecule has 7 heteroatoms. The number of nitrogens with zero attached hydrogens (tertiary/aromatic N) is 3.